The summed E-state index contributed by atoms with van der Waals surface area (Å²) >= 11 is 6.77. The molecule has 6 heteroatoms. The Hall–Kier alpha value is -3.28. The number of hydrogen-bond donors (Lipinski definition) is 1. The van der Waals surface area contributed by atoms with Crippen molar-refractivity contribution in [2.45, 2.75) is 52.5 Å². The van der Waals surface area contributed by atoms with Crippen molar-refractivity contribution in [2.75, 3.05) is 17.7 Å². The Balaban J connectivity index is 1.96. The lowest BCUT2D eigenvalue weighted by Crippen LogP contribution is -2.45. The molecule has 2 N–H and O–H groups in total. The first-order chi connectivity index (χ1) is 15.0. The quantitative estimate of drug-likeness (QED) is 0.577. The van der Waals surface area contributed by atoms with E-state index in [9.17, 15) is 10.5 Å². The summed E-state index contributed by atoms with van der Waals surface area (Å²) < 4.78 is 0. The molecule has 4 rings (SSSR count). The van der Waals surface area contributed by atoms with Gasteiger partial charge < -0.3 is 10.6 Å². The second kappa shape index (κ2) is 7.40. The van der Waals surface area contributed by atoms with E-state index in [4.69, 9.17) is 17.3 Å². The van der Waals surface area contributed by atoms with Crippen LogP contribution in [0.4, 0.5) is 11.5 Å². The minimum absolute atomic E-state index is 0.0531. The fraction of sp³-hybridized carbons (Fsp3) is 0.346. The van der Waals surface area contributed by atoms with Crippen LogP contribution < -0.4 is 10.6 Å². The zero-order valence-electron chi connectivity index (χ0n) is 19.3. The Morgan fingerprint density at radius 2 is 1.94 bits per heavy atom. The van der Waals surface area contributed by atoms with Crippen molar-refractivity contribution >= 4 is 40.3 Å². The molecule has 0 saturated heterocycles. The molecule has 162 valence electrons. The maximum absolute atomic E-state index is 9.79. The Kier molecular flexibility index (Phi) is 5.07. The van der Waals surface area contributed by atoms with E-state index in [0.717, 1.165) is 39.9 Å². The summed E-state index contributed by atoms with van der Waals surface area (Å²) in [6, 6.07) is 8.60. The van der Waals surface area contributed by atoms with Gasteiger partial charge in [-0.3, -0.25) is 0 Å². The normalized spacial score (nSPS) is 20.1. The maximum Gasteiger partial charge on any atom is 0.142 e. The van der Waals surface area contributed by atoms with Crippen molar-refractivity contribution in [2.24, 2.45) is 0 Å². The Morgan fingerprint density at radius 1 is 1.25 bits per heavy atom. The van der Waals surface area contributed by atoms with Gasteiger partial charge in [-0.25, -0.2) is 4.98 Å². The number of rotatable bonds is 1. The summed E-state index contributed by atoms with van der Waals surface area (Å²) in [5.41, 5.74) is 13.9. The molecule has 1 aliphatic heterocycles. The lowest BCUT2D eigenvalue weighted by molar-refractivity contribution is 0.395. The van der Waals surface area contributed by atoms with E-state index in [1.165, 1.54) is 5.56 Å². The molecule has 1 aliphatic carbocycles. The van der Waals surface area contributed by atoms with Crippen molar-refractivity contribution in [3.63, 3.8) is 0 Å². The number of fused-ring (bicyclic) bond motifs is 2. The predicted octanol–water partition coefficient (Wildman–Crippen LogP) is 6.07. The Labute approximate surface area is 194 Å². The van der Waals surface area contributed by atoms with Crippen LogP contribution in [0.5, 0.6) is 0 Å². The molecule has 0 bridgehead atoms. The van der Waals surface area contributed by atoms with E-state index in [2.05, 4.69) is 55.9 Å². The summed E-state index contributed by atoms with van der Waals surface area (Å²) in [7, 11) is 2.11. The first-order valence-corrected chi connectivity index (χ1v) is 11.0. The van der Waals surface area contributed by atoms with Gasteiger partial charge in [-0.15, -0.1) is 0 Å². The number of pyridine rings is 1. The molecule has 2 aliphatic rings. The molecule has 2 aromatic rings. The monoisotopic (exact) mass is 443 g/mol. The highest BCUT2D eigenvalue weighted by atomic mass is 35.5. The molecular formula is C26H26ClN5. The third-order valence-corrected chi connectivity index (χ3v) is 7.36. The number of aromatic nitrogens is 1. The van der Waals surface area contributed by atoms with E-state index in [1.807, 2.05) is 26.0 Å². The van der Waals surface area contributed by atoms with Gasteiger partial charge in [0.2, 0.25) is 0 Å². The van der Waals surface area contributed by atoms with Crippen molar-refractivity contribution in [1.82, 2.24) is 4.98 Å². The highest BCUT2D eigenvalue weighted by molar-refractivity contribution is 6.32. The van der Waals surface area contributed by atoms with Crippen LogP contribution in [0.25, 0.3) is 17.2 Å². The van der Waals surface area contributed by atoms with Crippen LogP contribution in [0.3, 0.4) is 0 Å². The Bertz CT molecular complexity index is 1320. The molecule has 2 heterocycles. The third kappa shape index (κ3) is 3.08. The second-order valence-corrected chi connectivity index (χ2v) is 9.82. The largest absolute Gasteiger partial charge is 0.383 e. The van der Waals surface area contributed by atoms with E-state index in [-0.39, 0.29) is 11.4 Å². The molecule has 1 aromatic heterocycles. The maximum atomic E-state index is 9.79. The van der Waals surface area contributed by atoms with Crippen LogP contribution in [0.2, 0.25) is 5.02 Å². The summed E-state index contributed by atoms with van der Waals surface area (Å²) in [4.78, 5) is 6.70. The van der Waals surface area contributed by atoms with Crippen LogP contribution in [0.15, 0.2) is 17.7 Å². The number of halogens is 1. The number of benzene rings is 1. The second-order valence-electron chi connectivity index (χ2n) is 9.41. The minimum Gasteiger partial charge on any atom is -0.383 e. The van der Waals surface area contributed by atoms with Crippen molar-refractivity contribution in [1.29, 1.82) is 10.5 Å². The van der Waals surface area contributed by atoms with Crippen LogP contribution >= 0.6 is 11.6 Å². The smallest absolute Gasteiger partial charge is 0.142 e. The van der Waals surface area contributed by atoms with Gasteiger partial charge >= 0.3 is 0 Å². The van der Waals surface area contributed by atoms with Gasteiger partial charge in [0, 0.05) is 28.9 Å². The van der Waals surface area contributed by atoms with E-state index in [0.29, 0.717) is 27.8 Å². The average Bonchev–Trinajstić information content (AvgIpc) is 2.98. The van der Waals surface area contributed by atoms with Crippen molar-refractivity contribution < 1.29 is 0 Å². The van der Waals surface area contributed by atoms with Gasteiger partial charge in [0.05, 0.1) is 16.8 Å². The molecule has 0 amide bonds. The number of nitrogens with two attached hydrogens (primary N) is 1. The van der Waals surface area contributed by atoms with Crippen molar-refractivity contribution in [3.05, 3.63) is 56.2 Å². The summed E-state index contributed by atoms with van der Waals surface area (Å²) in [6.07, 6.45) is 3.06. The van der Waals surface area contributed by atoms with Gasteiger partial charge in [0.15, 0.2) is 0 Å². The molecule has 0 spiro atoms. The third-order valence-electron chi connectivity index (χ3n) is 7.04. The molecule has 1 atom stereocenters. The van der Waals surface area contributed by atoms with Gasteiger partial charge in [-0.2, -0.15) is 10.5 Å². The molecular weight excluding hydrogens is 418 g/mol. The van der Waals surface area contributed by atoms with Gasteiger partial charge in [0.1, 0.15) is 18.0 Å². The highest BCUT2D eigenvalue weighted by Gasteiger charge is 2.35. The van der Waals surface area contributed by atoms with Gasteiger partial charge in [-0.1, -0.05) is 18.5 Å². The molecule has 5 nitrogen and oxygen atoms in total. The number of anilines is 2. The predicted molar refractivity (Wildman–Crippen MR) is 131 cm³/mol. The van der Waals surface area contributed by atoms with Gasteiger partial charge in [-0.05, 0) is 86.1 Å². The number of nitriles is 2. The summed E-state index contributed by atoms with van der Waals surface area (Å²) in [5.74, 6) is 0.540. The summed E-state index contributed by atoms with van der Waals surface area (Å²) in [6.45, 7) is 10.5. The van der Waals surface area contributed by atoms with Crippen LogP contribution in [-0.2, 0) is 0 Å². The topological polar surface area (TPSA) is 89.7 Å². The molecule has 1 unspecified atom stereocenters. The molecule has 32 heavy (non-hydrogen) atoms. The Morgan fingerprint density at radius 3 is 2.56 bits per heavy atom. The standard InChI is InChI=1S/C26H26ClN5/c1-13-10-26(4,5)32(6)22-9-21(27)16(7-17(13)22)8-18-14(2)19(11-28)24-23(18)15(3)20(12-29)25(30)31-24/h7-9,13H,10H2,1-6H3,(H2,30,31)/b18-8+. The number of nitrogen functional groups attached to an aromatic ring is 1. The number of allylic oxidation sites excluding steroid dienone is 3. The number of hydrogen-bond acceptors (Lipinski definition) is 5. The van der Waals surface area contributed by atoms with Crippen molar-refractivity contribution in [3.8, 4) is 12.1 Å². The SMILES string of the molecule is CC1=C(C#N)c2nc(N)c(C#N)c(C)c2/C1=C/c1cc2c(cc1Cl)N(C)C(C)(C)CC2C. The number of nitrogens with zero attached hydrogens (tertiary/aromatic N) is 4. The van der Waals surface area contributed by atoms with Crippen LogP contribution in [0.1, 0.15) is 73.5 Å². The highest BCUT2D eigenvalue weighted by Crippen LogP contribution is 2.47. The van der Waals surface area contributed by atoms with Crippen LogP contribution in [-0.4, -0.2) is 17.6 Å². The lowest BCUT2D eigenvalue weighted by Gasteiger charge is -2.45. The lowest BCUT2D eigenvalue weighted by atomic mass is 9.80. The van der Waals surface area contributed by atoms with Crippen LogP contribution in [0, 0.1) is 29.6 Å². The van der Waals surface area contributed by atoms with E-state index < -0.39 is 0 Å². The van der Waals surface area contributed by atoms with E-state index >= 15 is 0 Å². The molecule has 1 aromatic carbocycles. The fourth-order valence-corrected chi connectivity index (χ4v) is 5.28. The fourth-order valence-electron chi connectivity index (χ4n) is 5.07. The van der Waals surface area contributed by atoms with E-state index in [1.54, 1.807) is 0 Å². The molecule has 0 fully saturated rings. The first kappa shape index (κ1) is 21.9. The first-order valence-electron chi connectivity index (χ1n) is 10.6. The zero-order chi connectivity index (χ0) is 23.5. The average molecular weight is 444 g/mol. The zero-order valence-corrected chi connectivity index (χ0v) is 20.0. The minimum atomic E-state index is 0.0531. The molecule has 0 saturated carbocycles. The van der Waals surface area contributed by atoms with Gasteiger partial charge in [0.25, 0.3) is 0 Å². The molecule has 0 radical (unpaired) electrons. The summed E-state index contributed by atoms with van der Waals surface area (Å²) in [5, 5.41) is 20.0.